The number of nitrogens with two attached hydrogens (primary N) is 1. The Kier molecular flexibility index (Phi) is 1.26. The van der Waals surface area contributed by atoms with Crippen molar-refractivity contribution < 1.29 is 0 Å². The molecule has 4 heteroatoms. The minimum atomic E-state index is 0.848. The number of nitrogens with zero attached hydrogens (tertiary/aromatic N) is 1. The second-order valence-electron chi connectivity index (χ2n) is 2.25. The van der Waals surface area contributed by atoms with Gasteiger partial charge in [-0.1, -0.05) is 0 Å². The first-order chi connectivity index (χ1) is 5.42. The fourth-order valence-electron chi connectivity index (χ4n) is 1.08. The number of aromatic amines is 1. The van der Waals surface area contributed by atoms with Gasteiger partial charge < -0.3 is 10.4 Å². The van der Waals surface area contributed by atoms with Crippen LogP contribution < -0.4 is 11.3 Å². The Morgan fingerprint density at radius 1 is 1.55 bits per heavy atom. The van der Waals surface area contributed by atoms with Crippen molar-refractivity contribution in [2.24, 2.45) is 5.84 Å². The molecular weight excluding hydrogens is 140 g/mol. The van der Waals surface area contributed by atoms with E-state index in [4.69, 9.17) is 5.84 Å². The largest absolute Gasteiger partial charge is 0.344 e. The van der Waals surface area contributed by atoms with Gasteiger partial charge in [0.2, 0.25) is 0 Å². The van der Waals surface area contributed by atoms with Crippen LogP contribution in [0, 0.1) is 0 Å². The van der Waals surface area contributed by atoms with Crippen LogP contribution in [0.1, 0.15) is 0 Å². The lowest BCUT2D eigenvalue weighted by Crippen LogP contribution is -2.05. The summed E-state index contributed by atoms with van der Waals surface area (Å²) in [5, 5.41) is 1.01. The second kappa shape index (κ2) is 2.25. The number of anilines is 1. The second-order valence-corrected chi connectivity index (χ2v) is 2.25. The first kappa shape index (κ1) is 6.18. The first-order valence-corrected chi connectivity index (χ1v) is 3.30. The van der Waals surface area contributed by atoms with Crippen molar-refractivity contribution in [1.82, 2.24) is 9.97 Å². The molecule has 0 aliphatic rings. The minimum Gasteiger partial charge on any atom is -0.344 e. The number of H-pyrrole nitrogens is 1. The standard InChI is InChI=1S/C7H8N4/c8-11-6-4-10-7-5(6)2-1-3-9-7/h1-4,11H,8H2,(H,9,10). The third-order valence-electron chi connectivity index (χ3n) is 1.61. The fraction of sp³-hybridized carbons (Fsp3) is 0. The van der Waals surface area contributed by atoms with Gasteiger partial charge in [-0.15, -0.1) is 0 Å². The topological polar surface area (TPSA) is 66.7 Å². The van der Waals surface area contributed by atoms with Crippen LogP contribution in [-0.4, -0.2) is 9.97 Å². The number of hydrogen-bond acceptors (Lipinski definition) is 3. The molecule has 4 N–H and O–H groups in total. The maximum absolute atomic E-state index is 5.26. The Balaban J connectivity index is 2.76. The Bertz CT molecular complexity index is 365. The lowest BCUT2D eigenvalue weighted by Gasteiger charge is -1.93. The molecule has 0 saturated carbocycles. The smallest absolute Gasteiger partial charge is 0.139 e. The van der Waals surface area contributed by atoms with E-state index in [1.165, 1.54) is 0 Å². The van der Waals surface area contributed by atoms with Gasteiger partial charge in [0.1, 0.15) is 5.65 Å². The van der Waals surface area contributed by atoms with Crippen molar-refractivity contribution in [3.8, 4) is 0 Å². The quantitative estimate of drug-likeness (QED) is 0.415. The SMILES string of the molecule is NNc1c[nH]c2ncccc12. The zero-order valence-corrected chi connectivity index (χ0v) is 5.83. The van der Waals surface area contributed by atoms with Crippen LogP contribution in [0.2, 0.25) is 0 Å². The normalized spacial score (nSPS) is 10.3. The monoisotopic (exact) mass is 148 g/mol. The number of pyridine rings is 1. The van der Waals surface area contributed by atoms with Gasteiger partial charge in [0.25, 0.3) is 0 Å². The summed E-state index contributed by atoms with van der Waals surface area (Å²) in [4.78, 5) is 7.08. The van der Waals surface area contributed by atoms with Crippen molar-refractivity contribution in [1.29, 1.82) is 0 Å². The van der Waals surface area contributed by atoms with Crippen LogP contribution in [0.25, 0.3) is 11.0 Å². The number of rotatable bonds is 1. The average Bonchev–Trinajstić information content (AvgIpc) is 2.47. The average molecular weight is 148 g/mol. The summed E-state index contributed by atoms with van der Waals surface area (Å²) in [6.45, 7) is 0. The van der Waals surface area contributed by atoms with Crippen LogP contribution in [0.4, 0.5) is 5.69 Å². The summed E-state index contributed by atoms with van der Waals surface area (Å²) < 4.78 is 0. The molecule has 0 aliphatic carbocycles. The van der Waals surface area contributed by atoms with Gasteiger partial charge in [-0.25, -0.2) is 4.98 Å². The van der Waals surface area contributed by atoms with Crippen molar-refractivity contribution in [2.75, 3.05) is 5.43 Å². The molecule has 0 unspecified atom stereocenters. The maximum atomic E-state index is 5.26. The van der Waals surface area contributed by atoms with Gasteiger partial charge >= 0.3 is 0 Å². The molecule has 0 fully saturated rings. The lowest BCUT2D eigenvalue weighted by molar-refractivity contribution is 1.32. The Labute approximate surface area is 63.4 Å². The Morgan fingerprint density at radius 2 is 2.45 bits per heavy atom. The number of hydrogen-bond donors (Lipinski definition) is 3. The number of nitrogens with one attached hydrogen (secondary N) is 2. The Morgan fingerprint density at radius 3 is 3.27 bits per heavy atom. The molecule has 56 valence electrons. The van der Waals surface area contributed by atoms with Gasteiger partial charge in [-0.3, -0.25) is 5.84 Å². The van der Waals surface area contributed by atoms with E-state index in [1.54, 1.807) is 12.4 Å². The fourth-order valence-corrected chi connectivity index (χ4v) is 1.08. The molecule has 0 aromatic carbocycles. The lowest BCUT2D eigenvalue weighted by atomic mass is 10.3. The van der Waals surface area contributed by atoms with E-state index in [2.05, 4.69) is 15.4 Å². The third-order valence-corrected chi connectivity index (χ3v) is 1.61. The van der Waals surface area contributed by atoms with Gasteiger partial charge in [0.15, 0.2) is 0 Å². The first-order valence-electron chi connectivity index (χ1n) is 3.30. The van der Waals surface area contributed by atoms with Gasteiger partial charge in [-0.05, 0) is 12.1 Å². The number of hydrazine groups is 1. The van der Waals surface area contributed by atoms with Crippen molar-refractivity contribution in [3.05, 3.63) is 24.5 Å². The van der Waals surface area contributed by atoms with E-state index < -0.39 is 0 Å². The van der Waals surface area contributed by atoms with Crippen molar-refractivity contribution >= 4 is 16.7 Å². The van der Waals surface area contributed by atoms with Gasteiger partial charge in [-0.2, -0.15) is 0 Å². The maximum Gasteiger partial charge on any atom is 0.139 e. The highest BCUT2D eigenvalue weighted by atomic mass is 15.2. The summed E-state index contributed by atoms with van der Waals surface area (Å²) in [5.41, 5.74) is 4.29. The van der Waals surface area contributed by atoms with E-state index in [-0.39, 0.29) is 0 Å². The van der Waals surface area contributed by atoms with Crippen LogP contribution in [0.3, 0.4) is 0 Å². The molecule has 0 amide bonds. The predicted octanol–water partition coefficient (Wildman–Crippen LogP) is 0.849. The molecule has 4 nitrogen and oxygen atoms in total. The molecule has 2 aromatic rings. The van der Waals surface area contributed by atoms with E-state index >= 15 is 0 Å². The molecule has 0 bridgehead atoms. The highest BCUT2D eigenvalue weighted by molar-refractivity contribution is 5.89. The van der Waals surface area contributed by atoms with Crippen molar-refractivity contribution in [3.63, 3.8) is 0 Å². The highest BCUT2D eigenvalue weighted by Gasteiger charge is 1.99. The zero-order chi connectivity index (χ0) is 7.68. The molecule has 0 saturated heterocycles. The molecule has 2 rings (SSSR count). The molecule has 0 atom stereocenters. The summed E-state index contributed by atoms with van der Waals surface area (Å²) in [6.07, 6.45) is 3.52. The van der Waals surface area contributed by atoms with Crippen LogP contribution in [0.5, 0.6) is 0 Å². The summed E-state index contributed by atoms with van der Waals surface area (Å²) in [6, 6.07) is 3.82. The molecule has 2 heterocycles. The summed E-state index contributed by atoms with van der Waals surface area (Å²) in [7, 11) is 0. The van der Waals surface area contributed by atoms with E-state index in [9.17, 15) is 0 Å². The molecule has 0 radical (unpaired) electrons. The summed E-state index contributed by atoms with van der Waals surface area (Å²) >= 11 is 0. The van der Waals surface area contributed by atoms with Crippen LogP contribution >= 0.6 is 0 Å². The number of nitrogen functional groups attached to an aromatic ring is 1. The van der Waals surface area contributed by atoms with Crippen LogP contribution in [0.15, 0.2) is 24.5 Å². The van der Waals surface area contributed by atoms with Crippen LogP contribution in [-0.2, 0) is 0 Å². The predicted molar refractivity (Wildman–Crippen MR) is 43.9 cm³/mol. The van der Waals surface area contributed by atoms with E-state index in [0.29, 0.717) is 0 Å². The van der Waals surface area contributed by atoms with E-state index in [1.807, 2.05) is 12.1 Å². The molecule has 2 aromatic heterocycles. The van der Waals surface area contributed by atoms with E-state index in [0.717, 1.165) is 16.7 Å². The summed E-state index contributed by atoms with van der Waals surface area (Å²) in [5.74, 6) is 5.26. The number of aromatic nitrogens is 2. The highest BCUT2D eigenvalue weighted by Crippen LogP contribution is 2.18. The molecular formula is C7H8N4. The zero-order valence-electron chi connectivity index (χ0n) is 5.83. The van der Waals surface area contributed by atoms with Gasteiger partial charge in [0.05, 0.1) is 5.69 Å². The van der Waals surface area contributed by atoms with Gasteiger partial charge in [0, 0.05) is 17.8 Å². The molecule has 11 heavy (non-hydrogen) atoms. The van der Waals surface area contributed by atoms with Crippen molar-refractivity contribution in [2.45, 2.75) is 0 Å². The number of fused-ring (bicyclic) bond motifs is 1. The minimum absolute atomic E-state index is 0.848. The molecule has 0 spiro atoms. The molecule has 0 aliphatic heterocycles. The third kappa shape index (κ3) is 0.841. The Hall–Kier alpha value is -1.55.